The molecule has 0 aliphatic rings. The SMILES string of the molecule is C=CCn1c(C)cnc1CC. The molecule has 0 aliphatic carbocycles. The van der Waals surface area contributed by atoms with Gasteiger partial charge in [0.05, 0.1) is 0 Å². The normalized spacial score (nSPS) is 10.0. The molecule has 0 aliphatic heterocycles. The summed E-state index contributed by atoms with van der Waals surface area (Å²) in [4.78, 5) is 4.27. The third-order valence-corrected chi connectivity index (χ3v) is 1.77. The number of hydrogen-bond acceptors (Lipinski definition) is 1. The van der Waals surface area contributed by atoms with Gasteiger partial charge in [-0.2, -0.15) is 0 Å². The summed E-state index contributed by atoms with van der Waals surface area (Å²) in [5.74, 6) is 1.14. The maximum absolute atomic E-state index is 4.27. The number of rotatable bonds is 3. The van der Waals surface area contributed by atoms with E-state index in [9.17, 15) is 0 Å². The zero-order chi connectivity index (χ0) is 8.27. The number of aromatic nitrogens is 2. The molecule has 0 radical (unpaired) electrons. The molecule has 2 nitrogen and oxygen atoms in total. The second-order valence-electron chi connectivity index (χ2n) is 2.57. The van der Waals surface area contributed by atoms with E-state index in [0.29, 0.717) is 0 Å². The van der Waals surface area contributed by atoms with Gasteiger partial charge < -0.3 is 4.57 Å². The number of imidazole rings is 1. The van der Waals surface area contributed by atoms with Crippen LogP contribution in [0.3, 0.4) is 0 Å². The van der Waals surface area contributed by atoms with Gasteiger partial charge >= 0.3 is 0 Å². The highest BCUT2D eigenvalue weighted by Crippen LogP contribution is 2.04. The first-order valence-electron chi connectivity index (χ1n) is 3.91. The maximum Gasteiger partial charge on any atom is 0.108 e. The number of hydrogen-bond donors (Lipinski definition) is 0. The fourth-order valence-corrected chi connectivity index (χ4v) is 1.17. The monoisotopic (exact) mass is 150 g/mol. The lowest BCUT2D eigenvalue weighted by molar-refractivity contribution is 0.728. The molecule has 0 amide bonds. The molecular weight excluding hydrogens is 136 g/mol. The Hall–Kier alpha value is -1.05. The molecule has 2 heteroatoms. The van der Waals surface area contributed by atoms with Gasteiger partial charge in [0.15, 0.2) is 0 Å². The molecule has 0 saturated carbocycles. The first-order chi connectivity index (χ1) is 5.29. The van der Waals surface area contributed by atoms with Crippen LogP contribution in [0.2, 0.25) is 0 Å². The fourth-order valence-electron chi connectivity index (χ4n) is 1.17. The van der Waals surface area contributed by atoms with Gasteiger partial charge in [-0.05, 0) is 6.92 Å². The average Bonchev–Trinajstić information content (AvgIpc) is 2.34. The second-order valence-corrected chi connectivity index (χ2v) is 2.57. The van der Waals surface area contributed by atoms with Crippen LogP contribution in [0.25, 0.3) is 0 Å². The van der Waals surface area contributed by atoms with Gasteiger partial charge in [0.1, 0.15) is 5.82 Å². The lowest BCUT2D eigenvalue weighted by atomic mass is 10.4. The average molecular weight is 150 g/mol. The Kier molecular flexibility index (Phi) is 2.47. The molecule has 60 valence electrons. The summed E-state index contributed by atoms with van der Waals surface area (Å²) in [6, 6.07) is 0. The van der Waals surface area contributed by atoms with E-state index in [0.717, 1.165) is 18.8 Å². The van der Waals surface area contributed by atoms with Crippen LogP contribution >= 0.6 is 0 Å². The Labute approximate surface area is 67.6 Å². The minimum Gasteiger partial charge on any atom is -0.329 e. The third kappa shape index (κ3) is 1.50. The first-order valence-corrected chi connectivity index (χ1v) is 3.91. The topological polar surface area (TPSA) is 17.8 Å². The molecule has 11 heavy (non-hydrogen) atoms. The molecule has 0 aromatic carbocycles. The molecule has 0 saturated heterocycles. The van der Waals surface area contributed by atoms with E-state index in [1.54, 1.807) is 0 Å². The minimum atomic E-state index is 0.870. The summed E-state index contributed by atoms with van der Waals surface area (Å²) < 4.78 is 2.17. The minimum absolute atomic E-state index is 0.870. The first kappa shape index (κ1) is 8.05. The van der Waals surface area contributed by atoms with Gasteiger partial charge in [-0.1, -0.05) is 13.0 Å². The highest BCUT2D eigenvalue weighted by Gasteiger charge is 2.01. The highest BCUT2D eigenvalue weighted by atomic mass is 15.1. The predicted octanol–water partition coefficient (Wildman–Crippen LogP) is 1.94. The Morgan fingerprint density at radius 1 is 1.73 bits per heavy atom. The standard InChI is InChI=1S/C9H14N2/c1-4-6-11-8(3)7-10-9(11)5-2/h4,7H,1,5-6H2,2-3H3. The van der Waals surface area contributed by atoms with Crippen molar-refractivity contribution in [1.29, 1.82) is 0 Å². The van der Waals surface area contributed by atoms with Crippen LogP contribution in [0.1, 0.15) is 18.4 Å². The van der Waals surface area contributed by atoms with Crippen molar-refractivity contribution in [2.45, 2.75) is 26.8 Å². The summed E-state index contributed by atoms with van der Waals surface area (Å²) in [6.45, 7) is 8.75. The molecule has 0 fully saturated rings. The van der Waals surface area contributed by atoms with E-state index in [4.69, 9.17) is 0 Å². The van der Waals surface area contributed by atoms with E-state index in [1.807, 2.05) is 12.3 Å². The van der Waals surface area contributed by atoms with Crippen LogP contribution in [-0.2, 0) is 13.0 Å². The Morgan fingerprint density at radius 3 is 3.00 bits per heavy atom. The van der Waals surface area contributed by atoms with Crippen LogP contribution in [0, 0.1) is 6.92 Å². The summed E-state index contributed by atoms with van der Waals surface area (Å²) in [5, 5.41) is 0. The molecule has 0 atom stereocenters. The summed E-state index contributed by atoms with van der Waals surface area (Å²) in [6.07, 6.45) is 4.79. The molecule has 0 bridgehead atoms. The molecular formula is C9H14N2. The largest absolute Gasteiger partial charge is 0.329 e. The predicted molar refractivity (Wildman–Crippen MR) is 46.5 cm³/mol. The smallest absolute Gasteiger partial charge is 0.108 e. The third-order valence-electron chi connectivity index (χ3n) is 1.77. The van der Waals surface area contributed by atoms with Crippen LogP contribution < -0.4 is 0 Å². The molecule has 1 rings (SSSR count). The Morgan fingerprint density at radius 2 is 2.45 bits per heavy atom. The van der Waals surface area contributed by atoms with Gasteiger partial charge in [-0.3, -0.25) is 0 Å². The second kappa shape index (κ2) is 3.37. The van der Waals surface area contributed by atoms with Gasteiger partial charge in [-0.25, -0.2) is 4.98 Å². The van der Waals surface area contributed by atoms with E-state index in [2.05, 4.69) is 30.0 Å². The molecule has 1 aromatic heterocycles. The Balaban J connectivity index is 2.96. The van der Waals surface area contributed by atoms with Crippen molar-refractivity contribution in [2.24, 2.45) is 0 Å². The molecule has 0 N–H and O–H groups in total. The molecule has 0 unspecified atom stereocenters. The number of allylic oxidation sites excluding steroid dienone is 1. The van der Waals surface area contributed by atoms with Crippen molar-refractivity contribution >= 4 is 0 Å². The van der Waals surface area contributed by atoms with Crippen molar-refractivity contribution in [1.82, 2.24) is 9.55 Å². The van der Waals surface area contributed by atoms with Crippen molar-refractivity contribution in [3.05, 3.63) is 30.4 Å². The van der Waals surface area contributed by atoms with Crippen LogP contribution in [0.4, 0.5) is 0 Å². The van der Waals surface area contributed by atoms with Gasteiger partial charge in [0.25, 0.3) is 0 Å². The number of aryl methyl sites for hydroxylation is 2. The van der Waals surface area contributed by atoms with Crippen molar-refractivity contribution in [2.75, 3.05) is 0 Å². The van der Waals surface area contributed by atoms with Crippen molar-refractivity contribution < 1.29 is 0 Å². The van der Waals surface area contributed by atoms with Gasteiger partial charge in [0, 0.05) is 24.9 Å². The van der Waals surface area contributed by atoms with Crippen LogP contribution in [-0.4, -0.2) is 9.55 Å². The van der Waals surface area contributed by atoms with Crippen molar-refractivity contribution in [3.8, 4) is 0 Å². The Bertz CT molecular complexity index is 248. The van der Waals surface area contributed by atoms with Crippen LogP contribution in [0.15, 0.2) is 18.9 Å². The summed E-state index contributed by atoms with van der Waals surface area (Å²) in [7, 11) is 0. The van der Waals surface area contributed by atoms with E-state index in [1.165, 1.54) is 5.69 Å². The lowest BCUT2D eigenvalue weighted by Gasteiger charge is -2.04. The molecule has 0 spiro atoms. The van der Waals surface area contributed by atoms with E-state index < -0.39 is 0 Å². The quantitative estimate of drug-likeness (QED) is 0.602. The molecule has 1 heterocycles. The highest BCUT2D eigenvalue weighted by molar-refractivity contribution is 5.04. The maximum atomic E-state index is 4.27. The van der Waals surface area contributed by atoms with E-state index >= 15 is 0 Å². The van der Waals surface area contributed by atoms with Gasteiger partial charge in [0.2, 0.25) is 0 Å². The van der Waals surface area contributed by atoms with Crippen molar-refractivity contribution in [3.63, 3.8) is 0 Å². The zero-order valence-electron chi connectivity index (χ0n) is 7.17. The zero-order valence-corrected chi connectivity index (χ0v) is 7.17. The summed E-state index contributed by atoms with van der Waals surface area (Å²) >= 11 is 0. The van der Waals surface area contributed by atoms with E-state index in [-0.39, 0.29) is 0 Å². The van der Waals surface area contributed by atoms with Gasteiger partial charge in [-0.15, -0.1) is 6.58 Å². The summed E-state index contributed by atoms with van der Waals surface area (Å²) in [5.41, 5.74) is 1.21. The number of nitrogens with zero attached hydrogens (tertiary/aromatic N) is 2. The van der Waals surface area contributed by atoms with Crippen LogP contribution in [0.5, 0.6) is 0 Å². The lowest BCUT2D eigenvalue weighted by Crippen LogP contribution is -2.02. The molecule has 1 aromatic rings. The fraction of sp³-hybridized carbons (Fsp3) is 0.444.